The van der Waals surface area contributed by atoms with E-state index in [1.165, 1.54) is 24.3 Å². The number of aromatic nitrogens is 1. The summed E-state index contributed by atoms with van der Waals surface area (Å²) in [7, 11) is 0. The summed E-state index contributed by atoms with van der Waals surface area (Å²) in [6.45, 7) is 8.44. The lowest BCUT2D eigenvalue weighted by atomic mass is 9.98. The molecule has 184 valence electrons. The Morgan fingerprint density at radius 3 is 2.62 bits per heavy atom. The van der Waals surface area contributed by atoms with Crippen LogP contribution < -0.4 is 10.1 Å². The third-order valence-corrected chi connectivity index (χ3v) is 8.90. The molecule has 3 aliphatic rings. The molecule has 0 bridgehead atoms. The fraction of sp³-hybridized carbons (Fsp3) is 0.630. The number of carbonyl (C=O) groups excluding carboxylic acids is 1. The highest BCUT2D eigenvalue weighted by molar-refractivity contribution is 7.15. The summed E-state index contributed by atoms with van der Waals surface area (Å²) in [6.07, 6.45) is 9.03. The number of urea groups is 1. The summed E-state index contributed by atoms with van der Waals surface area (Å²) in [6, 6.07) is 9.49. The monoisotopic (exact) mass is 482 g/mol. The summed E-state index contributed by atoms with van der Waals surface area (Å²) in [5.74, 6) is 0.921. The Morgan fingerprint density at radius 1 is 1.09 bits per heavy atom. The summed E-state index contributed by atoms with van der Waals surface area (Å²) >= 11 is 1.77. The van der Waals surface area contributed by atoms with Gasteiger partial charge in [-0.2, -0.15) is 0 Å². The van der Waals surface area contributed by atoms with E-state index in [9.17, 15) is 4.79 Å². The van der Waals surface area contributed by atoms with Gasteiger partial charge in [-0.1, -0.05) is 0 Å². The molecule has 1 N–H and O–H groups in total. The van der Waals surface area contributed by atoms with Crippen LogP contribution in [0.5, 0.6) is 5.75 Å². The average molecular weight is 483 g/mol. The van der Waals surface area contributed by atoms with Crippen LogP contribution in [0.1, 0.15) is 75.4 Å². The minimum atomic E-state index is 0.0231. The Balaban J connectivity index is 1.17. The number of likely N-dealkylation sites (tertiary alicyclic amines) is 2. The van der Waals surface area contributed by atoms with Crippen molar-refractivity contribution >= 4 is 17.4 Å². The van der Waals surface area contributed by atoms with Crippen molar-refractivity contribution in [2.24, 2.45) is 0 Å². The van der Waals surface area contributed by atoms with Crippen molar-refractivity contribution in [1.82, 2.24) is 20.1 Å². The second-order valence-electron chi connectivity index (χ2n) is 10.2. The standard InChI is InChI=1S/C27H38N4O2S/c1-19-7-4-15-30(19)16-6-18-33-22-13-11-21(12-14-22)26-29-25-23(9-3-10-24(25)34-26)28-27(32)31-17-5-8-20(31)2/h11-14,19-20,23H,3-10,15-18H2,1-2H3,(H,28,32). The normalized spacial score (nSPS) is 24.9. The molecule has 2 aromatic rings. The Kier molecular flexibility index (Phi) is 7.40. The maximum Gasteiger partial charge on any atom is 0.318 e. The van der Waals surface area contributed by atoms with Gasteiger partial charge in [0, 0.05) is 35.6 Å². The van der Waals surface area contributed by atoms with Crippen molar-refractivity contribution in [3.63, 3.8) is 0 Å². The second kappa shape index (κ2) is 10.6. The van der Waals surface area contributed by atoms with E-state index in [0.717, 1.165) is 86.3 Å². The molecule has 3 heterocycles. The smallest absolute Gasteiger partial charge is 0.318 e. The van der Waals surface area contributed by atoms with Gasteiger partial charge in [0.2, 0.25) is 0 Å². The molecule has 2 amide bonds. The van der Waals surface area contributed by atoms with Gasteiger partial charge in [-0.15, -0.1) is 11.3 Å². The third-order valence-electron chi connectivity index (χ3n) is 7.72. The van der Waals surface area contributed by atoms with Gasteiger partial charge in [-0.3, -0.25) is 0 Å². The number of nitrogens with one attached hydrogen (secondary N) is 1. The quantitative estimate of drug-likeness (QED) is 0.519. The summed E-state index contributed by atoms with van der Waals surface area (Å²) in [5.41, 5.74) is 2.19. The number of nitrogens with zero attached hydrogens (tertiary/aromatic N) is 3. The minimum absolute atomic E-state index is 0.0231. The SMILES string of the molecule is CC1CCCN1CCCOc1ccc(-c2nc3c(s2)CCCC3NC(=O)N2CCCC2C)cc1. The summed E-state index contributed by atoms with van der Waals surface area (Å²) in [5, 5.41) is 4.32. The predicted molar refractivity (Wildman–Crippen MR) is 138 cm³/mol. The Hall–Kier alpha value is -2.12. The number of hydrogen-bond acceptors (Lipinski definition) is 5. The lowest BCUT2D eigenvalue weighted by Crippen LogP contribution is -2.43. The van der Waals surface area contributed by atoms with Gasteiger partial charge in [0.15, 0.2) is 0 Å². The highest BCUT2D eigenvalue weighted by Crippen LogP contribution is 2.37. The van der Waals surface area contributed by atoms with E-state index in [0.29, 0.717) is 6.04 Å². The molecule has 0 saturated carbocycles. The Bertz CT molecular complexity index is 976. The van der Waals surface area contributed by atoms with Crippen molar-refractivity contribution < 1.29 is 9.53 Å². The molecule has 2 fully saturated rings. The first kappa shape index (κ1) is 23.6. The van der Waals surface area contributed by atoms with Crippen LogP contribution in [0.15, 0.2) is 24.3 Å². The van der Waals surface area contributed by atoms with Crippen LogP contribution >= 0.6 is 11.3 Å². The molecule has 0 spiro atoms. The number of hydrogen-bond donors (Lipinski definition) is 1. The molecule has 7 heteroatoms. The third kappa shape index (κ3) is 5.25. The molecule has 2 saturated heterocycles. The number of benzene rings is 1. The average Bonchev–Trinajstić information content (AvgIpc) is 3.57. The molecule has 1 aromatic carbocycles. The molecule has 0 radical (unpaired) electrons. The van der Waals surface area contributed by atoms with Crippen LogP contribution in [-0.2, 0) is 6.42 Å². The molecule has 34 heavy (non-hydrogen) atoms. The van der Waals surface area contributed by atoms with Crippen LogP contribution in [0.2, 0.25) is 0 Å². The number of ether oxygens (including phenoxy) is 1. The van der Waals surface area contributed by atoms with Crippen LogP contribution in [0.25, 0.3) is 10.6 Å². The molecule has 1 aromatic heterocycles. The largest absolute Gasteiger partial charge is 0.494 e. The molecule has 3 atom stereocenters. The fourth-order valence-electron chi connectivity index (χ4n) is 5.63. The van der Waals surface area contributed by atoms with Crippen molar-refractivity contribution in [3.05, 3.63) is 34.8 Å². The van der Waals surface area contributed by atoms with Crippen molar-refractivity contribution in [2.45, 2.75) is 83.3 Å². The summed E-state index contributed by atoms with van der Waals surface area (Å²) < 4.78 is 6.00. The fourth-order valence-corrected chi connectivity index (χ4v) is 6.80. The van der Waals surface area contributed by atoms with E-state index < -0.39 is 0 Å². The molecule has 3 unspecified atom stereocenters. The van der Waals surface area contributed by atoms with Gasteiger partial charge in [0.05, 0.1) is 18.3 Å². The van der Waals surface area contributed by atoms with Gasteiger partial charge < -0.3 is 19.9 Å². The van der Waals surface area contributed by atoms with Gasteiger partial charge in [-0.05, 0) is 96.0 Å². The number of rotatable bonds is 7. The number of fused-ring (bicyclic) bond motifs is 1. The predicted octanol–water partition coefficient (Wildman–Crippen LogP) is 5.63. The zero-order valence-electron chi connectivity index (χ0n) is 20.6. The van der Waals surface area contributed by atoms with Gasteiger partial charge in [-0.25, -0.2) is 9.78 Å². The van der Waals surface area contributed by atoms with E-state index in [1.54, 1.807) is 11.3 Å². The van der Waals surface area contributed by atoms with Gasteiger partial charge in [0.1, 0.15) is 10.8 Å². The zero-order valence-corrected chi connectivity index (χ0v) is 21.4. The first-order chi connectivity index (χ1) is 16.6. The molecule has 2 aliphatic heterocycles. The maximum atomic E-state index is 12.8. The van der Waals surface area contributed by atoms with Crippen molar-refractivity contribution in [2.75, 3.05) is 26.2 Å². The molecule has 1 aliphatic carbocycles. The van der Waals surface area contributed by atoms with Crippen molar-refractivity contribution in [3.8, 4) is 16.3 Å². The maximum absolute atomic E-state index is 12.8. The van der Waals surface area contributed by atoms with Gasteiger partial charge >= 0.3 is 6.03 Å². The van der Waals surface area contributed by atoms with E-state index >= 15 is 0 Å². The second-order valence-corrected chi connectivity index (χ2v) is 11.2. The number of aryl methyl sites for hydroxylation is 1. The summed E-state index contributed by atoms with van der Waals surface area (Å²) in [4.78, 5) is 23.7. The van der Waals surface area contributed by atoms with Crippen LogP contribution in [0.3, 0.4) is 0 Å². The molecular formula is C27H38N4O2S. The van der Waals surface area contributed by atoms with Gasteiger partial charge in [0.25, 0.3) is 0 Å². The number of carbonyl (C=O) groups is 1. The highest BCUT2D eigenvalue weighted by Gasteiger charge is 2.31. The minimum Gasteiger partial charge on any atom is -0.494 e. The lowest BCUT2D eigenvalue weighted by Gasteiger charge is -2.27. The first-order valence-electron chi connectivity index (χ1n) is 13.1. The zero-order chi connectivity index (χ0) is 23.5. The Morgan fingerprint density at radius 2 is 1.88 bits per heavy atom. The Labute approximate surface area is 207 Å². The topological polar surface area (TPSA) is 57.7 Å². The van der Waals surface area contributed by atoms with E-state index in [2.05, 4.69) is 48.3 Å². The number of thiazole rings is 1. The first-order valence-corrected chi connectivity index (χ1v) is 13.9. The number of amides is 2. The van der Waals surface area contributed by atoms with E-state index in [1.807, 2.05) is 4.90 Å². The molecular weight excluding hydrogens is 444 g/mol. The van der Waals surface area contributed by atoms with Crippen molar-refractivity contribution in [1.29, 1.82) is 0 Å². The van der Waals surface area contributed by atoms with Crippen LogP contribution in [0, 0.1) is 0 Å². The van der Waals surface area contributed by atoms with E-state index in [4.69, 9.17) is 9.72 Å². The molecule has 5 rings (SSSR count). The highest BCUT2D eigenvalue weighted by atomic mass is 32.1. The molecule has 6 nitrogen and oxygen atoms in total. The van der Waals surface area contributed by atoms with Crippen LogP contribution in [-0.4, -0.2) is 59.1 Å². The lowest BCUT2D eigenvalue weighted by molar-refractivity contribution is 0.190. The van der Waals surface area contributed by atoms with Crippen LogP contribution in [0.4, 0.5) is 4.79 Å². The van der Waals surface area contributed by atoms with E-state index in [-0.39, 0.29) is 12.1 Å².